The van der Waals surface area contributed by atoms with Crippen LogP contribution in [0.3, 0.4) is 0 Å². The molecule has 1 aromatic rings. The standard InChI is InChI=1S/C22H33N3O4/c1-14-7-8-15(2)20(16(14)3)29-13-18(26)23-9-10-24-21(28)17-11-19(27)25(12-17)22(4,5)6/h7-8,17H,9-13H2,1-6H3,(H,23,26)(H,24,28). The van der Waals surface area contributed by atoms with Crippen LogP contribution in [0.2, 0.25) is 0 Å². The second kappa shape index (κ2) is 9.29. The Hall–Kier alpha value is -2.57. The molecule has 160 valence electrons. The van der Waals surface area contributed by atoms with Crippen molar-refractivity contribution in [2.24, 2.45) is 5.92 Å². The fourth-order valence-corrected chi connectivity index (χ4v) is 3.40. The summed E-state index contributed by atoms with van der Waals surface area (Å²) in [5.41, 5.74) is 2.85. The fraction of sp³-hybridized carbons (Fsp3) is 0.591. The van der Waals surface area contributed by atoms with Gasteiger partial charge in [0.25, 0.3) is 5.91 Å². The summed E-state index contributed by atoms with van der Waals surface area (Å²) in [5, 5.41) is 5.54. The highest BCUT2D eigenvalue weighted by Gasteiger charge is 2.39. The Morgan fingerprint density at radius 2 is 1.72 bits per heavy atom. The Labute approximate surface area is 173 Å². The summed E-state index contributed by atoms with van der Waals surface area (Å²) in [6, 6.07) is 4.00. The molecule has 0 saturated carbocycles. The minimum atomic E-state index is -0.340. The summed E-state index contributed by atoms with van der Waals surface area (Å²) in [7, 11) is 0. The molecule has 0 aliphatic carbocycles. The Kier molecular flexibility index (Phi) is 7.27. The number of benzene rings is 1. The summed E-state index contributed by atoms with van der Waals surface area (Å²) in [5.74, 6) is 0.0109. The van der Waals surface area contributed by atoms with Gasteiger partial charge >= 0.3 is 0 Å². The Bertz CT molecular complexity index is 783. The SMILES string of the molecule is Cc1ccc(C)c(OCC(=O)NCCNC(=O)C2CC(=O)N(C(C)(C)C)C2)c1C. The summed E-state index contributed by atoms with van der Waals surface area (Å²) in [6.07, 6.45) is 0.235. The van der Waals surface area contributed by atoms with Crippen molar-refractivity contribution in [2.75, 3.05) is 26.2 Å². The Morgan fingerprint density at radius 3 is 2.34 bits per heavy atom. The van der Waals surface area contributed by atoms with Crippen molar-refractivity contribution in [2.45, 2.75) is 53.5 Å². The lowest BCUT2D eigenvalue weighted by molar-refractivity contribution is -0.132. The van der Waals surface area contributed by atoms with Gasteiger partial charge < -0.3 is 20.3 Å². The average molecular weight is 404 g/mol. The third kappa shape index (κ3) is 5.95. The first-order chi connectivity index (χ1) is 13.5. The predicted molar refractivity (Wildman–Crippen MR) is 112 cm³/mol. The van der Waals surface area contributed by atoms with Gasteiger partial charge in [-0.2, -0.15) is 0 Å². The van der Waals surface area contributed by atoms with Gasteiger partial charge in [-0.3, -0.25) is 14.4 Å². The van der Waals surface area contributed by atoms with Gasteiger partial charge in [0, 0.05) is 31.6 Å². The van der Waals surface area contributed by atoms with E-state index in [-0.39, 0.29) is 42.2 Å². The van der Waals surface area contributed by atoms with Gasteiger partial charge in [0.2, 0.25) is 11.8 Å². The fourth-order valence-electron chi connectivity index (χ4n) is 3.40. The molecular formula is C22H33N3O4. The smallest absolute Gasteiger partial charge is 0.258 e. The number of hydrogen-bond acceptors (Lipinski definition) is 4. The van der Waals surface area contributed by atoms with Crippen LogP contribution in [0.1, 0.15) is 43.9 Å². The van der Waals surface area contributed by atoms with E-state index in [2.05, 4.69) is 10.6 Å². The van der Waals surface area contributed by atoms with E-state index in [0.717, 1.165) is 22.4 Å². The molecule has 0 spiro atoms. The minimum absolute atomic E-state index is 0.00448. The number of nitrogens with zero attached hydrogens (tertiary/aromatic N) is 1. The summed E-state index contributed by atoms with van der Waals surface area (Å²) in [6.45, 7) is 12.8. The second-order valence-corrected chi connectivity index (χ2v) is 8.66. The van der Waals surface area contributed by atoms with Crippen LogP contribution in [0.4, 0.5) is 0 Å². The molecule has 1 heterocycles. The Balaban J connectivity index is 1.70. The molecule has 1 aromatic carbocycles. The van der Waals surface area contributed by atoms with E-state index in [1.807, 2.05) is 53.7 Å². The number of aryl methyl sites for hydroxylation is 2. The van der Waals surface area contributed by atoms with E-state index >= 15 is 0 Å². The predicted octanol–water partition coefficient (Wildman–Crippen LogP) is 1.87. The third-order valence-electron chi connectivity index (χ3n) is 5.27. The molecule has 1 aliphatic heterocycles. The lowest BCUT2D eigenvalue weighted by Gasteiger charge is -2.31. The van der Waals surface area contributed by atoms with Crippen LogP contribution in [0.25, 0.3) is 0 Å². The van der Waals surface area contributed by atoms with Gasteiger partial charge in [-0.05, 0) is 58.2 Å². The van der Waals surface area contributed by atoms with Crippen LogP contribution >= 0.6 is 0 Å². The highest BCUT2D eigenvalue weighted by Crippen LogP contribution is 2.26. The van der Waals surface area contributed by atoms with Crippen LogP contribution in [-0.2, 0) is 14.4 Å². The minimum Gasteiger partial charge on any atom is -0.483 e. The van der Waals surface area contributed by atoms with Gasteiger partial charge in [0.15, 0.2) is 6.61 Å². The van der Waals surface area contributed by atoms with E-state index in [9.17, 15) is 14.4 Å². The number of hydrogen-bond donors (Lipinski definition) is 2. The Morgan fingerprint density at radius 1 is 1.10 bits per heavy atom. The van der Waals surface area contributed by atoms with Crippen LogP contribution in [0.5, 0.6) is 5.75 Å². The second-order valence-electron chi connectivity index (χ2n) is 8.66. The molecule has 7 nitrogen and oxygen atoms in total. The number of likely N-dealkylation sites (tertiary alicyclic amines) is 1. The molecule has 0 aromatic heterocycles. The molecule has 2 N–H and O–H groups in total. The van der Waals surface area contributed by atoms with Crippen molar-refractivity contribution >= 4 is 17.7 Å². The topological polar surface area (TPSA) is 87.7 Å². The van der Waals surface area contributed by atoms with Gasteiger partial charge in [-0.15, -0.1) is 0 Å². The monoisotopic (exact) mass is 403 g/mol. The zero-order valence-corrected chi connectivity index (χ0v) is 18.3. The lowest BCUT2D eigenvalue weighted by Crippen LogP contribution is -2.43. The van der Waals surface area contributed by atoms with E-state index in [4.69, 9.17) is 4.74 Å². The van der Waals surface area contributed by atoms with Gasteiger partial charge in [-0.25, -0.2) is 0 Å². The maximum absolute atomic E-state index is 12.3. The average Bonchev–Trinajstić information content (AvgIpc) is 3.04. The zero-order chi connectivity index (χ0) is 21.8. The molecule has 7 heteroatoms. The molecule has 3 amide bonds. The van der Waals surface area contributed by atoms with E-state index in [0.29, 0.717) is 19.6 Å². The molecule has 1 atom stereocenters. The number of carbonyl (C=O) groups excluding carboxylic acids is 3. The largest absolute Gasteiger partial charge is 0.483 e. The number of rotatable bonds is 7. The number of carbonyl (C=O) groups is 3. The molecule has 1 saturated heterocycles. The van der Waals surface area contributed by atoms with Crippen LogP contribution < -0.4 is 15.4 Å². The van der Waals surface area contributed by atoms with Crippen LogP contribution in [-0.4, -0.2) is 54.4 Å². The van der Waals surface area contributed by atoms with Crippen LogP contribution in [0, 0.1) is 26.7 Å². The van der Waals surface area contributed by atoms with Crippen molar-refractivity contribution in [3.05, 3.63) is 28.8 Å². The molecule has 2 rings (SSSR count). The van der Waals surface area contributed by atoms with Crippen molar-refractivity contribution in [3.63, 3.8) is 0 Å². The lowest BCUT2D eigenvalue weighted by atomic mass is 10.1. The van der Waals surface area contributed by atoms with E-state index in [1.54, 1.807) is 4.90 Å². The summed E-state index contributed by atoms with van der Waals surface area (Å²) < 4.78 is 5.68. The maximum atomic E-state index is 12.3. The number of nitrogens with one attached hydrogen (secondary N) is 2. The highest BCUT2D eigenvalue weighted by atomic mass is 16.5. The quantitative estimate of drug-likeness (QED) is 0.681. The first-order valence-corrected chi connectivity index (χ1v) is 10.0. The summed E-state index contributed by atoms with van der Waals surface area (Å²) in [4.78, 5) is 38.1. The first kappa shape index (κ1) is 22.7. The third-order valence-corrected chi connectivity index (χ3v) is 5.27. The number of ether oxygens (including phenoxy) is 1. The van der Waals surface area contributed by atoms with Crippen molar-refractivity contribution in [1.29, 1.82) is 0 Å². The van der Waals surface area contributed by atoms with Crippen molar-refractivity contribution in [3.8, 4) is 5.75 Å². The zero-order valence-electron chi connectivity index (χ0n) is 18.3. The van der Waals surface area contributed by atoms with Gasteiger partial charge in [0.1, 0.15) is 5.75 Å². The normalized spacial score (nSPS) is 16.7. The first-order valence-electron chi connectivity index (χ1n) is 10.0. The molecule has 1 aliphatic rings. The molecule has 1 unspecified atom stereocenters. The molecular weight excluding hydrogens is 370 g/mol. The van der Waals surface area contributed by atoms with E-state index in [1.165, 1.54) is 0 Å². The molecule has 29 heavy (non-hydrogen) atoms. The van der Waals surface area contributed by atoms with E-state index < -0.39 is 0 Å². The van der Waals surface area contributed by atoms with Crippen molar-refractivity contribution < 1.29 is 19.1 Å². The van der Waals surface area contributed by atoms with Crippen molar-refractivity contribution in [1.82, 2.24) is 15.5 Å². The highest BCUT2D eigenvalue weighted by molar-refractivity contribution is 5.89. The molecule has 0 bridgehead atoms. The maximum Gasteiger partial charge on any atom is 0.258 e. The van der Waals surface area contributed by atoms with Gasteiger partial charge in [0.05, 0.1) is 5.92 Å². The number of amides is 3. The van der Waals surface area contributed by atoms with Crippen LogP contribution in [0.15, 0.2) is 12.1 Å². The molecule has 0 radical (unpaired) electrons. The molecule has 1 fully saturated rings. The summed E-state index contributed by atoms with van der Waals surface area (Å²) >= 11 is 0. The van der Waals surface area contributed by atoms with Gasteiger partial charge in [-0.1, -0.05) is 12.1 Å².